The van der Waals surface area contributed by atoms with E-state index in [1.807, 2.05) is 31.3 Å². The number of likely N-dealkylation sites (tertiary alicyclic amines) is 1. The van der Waals surface area contributed by atoms with Gasteiger partial charge < -0.3 is 19.6 Å². The molecular formula is C24H26N6O3. The van der Waals surface area contributed by atoms with Crippen LogP contribution in [-0.2, 0) is 0 Å². The van der Waals surface area contributed by atoms with Crippen LogP contribution in [0.1, 0.15) is 31.7 Å². The molecule has 0 radical (unpaired) electrons. The topological polar surface area (TPSA) is 107 Å². The lowest BCUT2D eigenvalue weighted by Crippen LogP contribution is -2.46. The molecule has 1 N–H and O–H groups in total. The molecule has 9 heteroatoms. The fraction of sp³-hybridized carbons (Fsp3) is 0.417. The third-order valence-electron chi connectivity index (χ3n) is 6.77. The Morgan fingerprint density at radius 1 is 1.27 bits per heavy atom. The van der Waals surface area contributed by atoms with Gasteiger partial charge in [0.2, 0.25) is 0 Å². The summed E-state index contributed by atoms with van der Waals surface area (Å²) in [5, 5.41) is 23.3. The van der Waals surface area contributed by atoms with Crippen LogP contribution in [0.4, 0.5) is 10.6 Å². The summed E-state index contributed by atoms with van der Waals surface area (Å²) < 4.78 is 7.37. The zero-order valence-electron chi connectivity index (χ0n) is 18.6. The normalized spacial score (nSPS) is 20.4. The van der Waals surface area contributed by atoms with Crippen molar-refractivity contribution < 1.29 is 14.6 Å². The van der Waals surface area contributed by atoms with Crippen molar-refractivity contribution in [2.45, 2.75) is 26.2 Å². The summed E-state index contributed by atoms with van der Waals surface area (Å²) in [5.74, 6) is 1.56. The van der Waals surface area contributed by atoms with E-state index in [-0.39, 0.29) is 5.41 Å². The summed E-state index contributed by atoms with van der Waals surface area (Å²) in [6, 6.07) is 8.14. The van der Waals surface area contributed by atoms with Gasteiger partial charge in [0.15, 0.2) is 0 Å². The molecule has 9 nitrogen and oxygen atoms in total. The molecule has 1 spiro atoms. The standard InChI is InChI=1S/C24H26N6O3/c1-2-33-19-10-20(22-18(11-25)13-27-30(22)14-19)17-4-5-21(26-12-17)28-9-7-24(15-28)6-3-8-29(16-24)23(31)32/h4-5,10,12-14H,2-3,6-9,15-16H2,1H3,(H,31,32)/t24-/m0/s1. The molecule has 1 atom stereocenters. The van der Waals surface area contributed by atoms with Crippen molar-refractivity contribution in [3.8, 4) is 22.9 Å². The second-order valence-corrected chi connectivity index (χ2v) is 8.87. The van der Waals surface area contributed by atoms with E-state index >= 15 is 0 Å². The minimum atomic E-state index is -0.827. The molecule has 0 unspecified atom stereocenters. The van der Waals surface area contributed by atoms with Gasteiger partial charge in [-0.3, -0.25) is 0 Å². The number of anilines is 1. The van der Waals surface area contributed by atoms with Crippen LogP contribution in [0.15, 0.2) is 36.8 Å². The third-order valence-corrected chi connectivity index (χ3v) is 6.77. The number of nitriles is 1. The molecule has 3 aromatic rings. The minimum Gasteiger partial charge on any atom is -0.492 e. The third kappa shape index (κ3) is 3.82. The number of fused-ring (bicyclic) bond motifs is 1. The molecule has 2 aliphatic rings. The first kappa shape index (κ1) is 21.1. The van der Waals surface area contributed by atoms with Crippen LogP contribution < -0.4 is 9.64 Å². The van der Waals surface area contributed by atoms with Gasteiger partial charge >= 0.3 is 6.09 Å². The van der Waals surface area contributed by atoms with Crippen molar-refractivity contribution in [3.63, 3.8) is 0 Å². The zero-order valence-corrected chi connectivity index (χ0v) is 18.6. The summed E-state index contributed by atoms with van der Waals surface area (Å²) in [4.78, 5) is 20.0. The Morgan fingerprint density at radius 2 is 2.15 bits per heavy atom. The highest BCUT2D eigenvalue weighted by Crippen LogP contribution is 2.40. The van der Waals surface area contributed by atoms with E-state index in [4.69, 9.17) is 9.72 Å². The molecule has 5 rings (SSSR count). The lowest BCUT2D eigenvalue weighted by atomic mass is 9.79. The van der Waals surface area contributed by atoms with E-state index in [0.717, 1.165) is 54.8 Å². The highest BCUT2D eigenvalue weighted by atomic mass is 16.5. The van der Waals surface area contributed by atoms with Gasteiger partial charge in [0.05, 0.1) is 30.1 Å². The maximum absolute atomic E-state index is 11.5. The average Bonchev–Trinajstić information content (AvgIpc) is 3.43. The van der Waals surface area contributed by atoms with Gasteiger partial charge in [-0.05, 0) is 44.4 Å². The van der Waals surface area contributed by atoms with Crippen LogP contribution in [0.2, 0.25) is 0 Å². The largest absolute Gasteiger partial charge is 0.492 e. The van der Waals surface area contributed by atoms with Gasteiger partial charge in [-0.15, -0.1) is 0 Å². The van der Waals surface area contributed by atoms with Crippen molar-refractivity contribution in [1.82, 2.24) is 19.5 Å². The molecule has 2 saturated heterocycles. The van der Waals surface area contributed by atoms with E-state index in [9.17, 15) is 15.2 Å². The average molecular weight is 447 g/mol. The maximum atomic E-state index is 11.5. The van der Waals surface area contributed by atoms with Gasteiger partial charge in [-0.2, -0.15) is 10.4 Å². The van der Waals surface area contributed by atoms with Crippen LogP contribution in [0.5, 0.6) is 5.75 Å². The second kappa shape index (κ2) is 8.28. The summed E-state index contributed by atoms with van der Waals surface area (Å²) in [5.41, 5.74) is 2.96. The number of ether oxygens (including phenoxy) is 1. The fourth-order valence-electron chi connectivity index (χ4n) is 5.21. The van der Waals surface area contributed by atoms with Crippen LogP contribution in [0, 0.1) is 16.7 Å². The predicted octanol–water partition coefficient (Wildman–Crippen LogP) is 3.64. The zero-order chi connectivity index (χ0) is 23.0. The Balaban J connectivity index is 1.42. The summed E-state index contributed by atoms with van der Waals surface area (Å²) >= 11 is 0. The van der Waals surface area contributed by atoms with Crippen molar-refractivity contribution in [1.29, 1.82) is 5.26 Å². The van der Waals surface area contributed by atoms with Gasteiger partial charge in [0, 0.05) is 48.9 Å². The molecule has 1 amide bonds. The van der Waals surface area contributed by atoms with Gasteiger partial charge in [-0.1, -0.05) is 0 Å². The Labute approximate surface area is 191 Å². The molecule has 5 heterocycles. The van der Waals surface area contributed by atoms with Crippen molar-refractivity contribution in [2.24, 2.45) is 5.41 Å². The number of nitrogens with zero attached hydrogens (tertiary/aromatic N) is 6. The SMILES string of the molecule is CCOc1cc(-c2ccc(N3CC[C@@]4(CCCN(C(=O)O)C4)C3)nc2)c2c(C#N)cnn2c1. The van der Waals surface area contributed by atoms with Crippen LogP contribution in [-0.4, -0.2) is 63.5 Å². The molecule has 3 aromatic heterocycles. The quantitative estimate of drug-likeness (QED) is 0.652. The predicted molar refractivity (Wildman–Crippen MR) is 122 cm³/mol. The molecule has 0 saturated carbocycles. The summed E-state index contributed by atoms with van der Waals surface area (Å²) in [6.07, 6.45) is 7.26. The first-order valence-electron chi connectivity index (χ1n) is 11.3. The highest BCUT2D eigenvalue weighted by Gasteiger charge is 2.42. The van der Waals surface area contributed by atoms with Crippen molar-refractivity contribution in [2.75, 3.05) is 37.7 Å². The number of pyridine rings is 2. The van der Waals surface area contributed by atoms with Crippen molar-refractivity contribution in [3.05, 3.63) is 42.4 Å². The minimum absolute atomic E-state index is 0.00821. The van der Waals surface area contributed by atoms with Crippen LogP contribution in [0.3, 0.4) is 0 Å². The molecular weight excluding hydrogens is 420 g/mol. The number of rotatable bonds is 4. The highest BCUT2D eigenvalue weighted by molar-refractivity contribution is 5.85. The molecule has 0 aromatic carbocycles. The van der Waals surface area contributed by atoms with Gasteiger partial charge in [0.1, 0.15) is 17.6 Å². The molecule has 170 valence electrons. The Kier molecular flexibility index (Phi) is 5.29. The maximum Gasteiger partial charge on any atom is 0.407 e. The van der Waals surface area contributed by atoms with E-state index < -0.39 is 6.09 Å². The van der Waals surface area contributed by atoms with E-state index in [1.54, 1.807) is 21.8 Å². The second-order valence-electron chi connectivity index (χ2n) is 8.87. The fourth-order valence-corrected chi connectivity index (χ4v) is 5.21. The number of hydrogen-bond acceptors (Lipinski definition) is 6. The van der Waals surface area contributed by atoms with Gasteiger partial charge in [-0.25, -0.2) is 14.3 Å². The molecule has 33 heavy (non-hydrogen) atoms. The van der Waals surface area contributed by atoms with Crippen molar-refractivity contribution >= 4 is 17.4 Å². The Bertz CT molecular complexity index is 1230. The molecule has 0 aliphatic carbocycles. The van der Waals surface area contributed by atoms with Gasteiger partial charge in [0.25, 0.3) is 0 Å². The molecule has 2 fully saturated rings. The summed E-state index contributed by atoms with van der Waals surface area (Å²) in [6.45, 7) is 5.36. The monoisotopic (exact) mass is 446 g/mol. The van der Waals surface area contributed by atoms with E-state index in [0.29, 0.717) is 31.0 Å². The Hall–Kier alpha value is -3.80. The van der Waals surface area contributed by atoms with E-state index in [1.165, 1.54) is 0 Å². The van der Waals surface area contributed by atoms with E-state index in [2.05, 4.69) is 16.1 Å². The molecule has 0 bridgehead atoms. The number of carboxylic acid groups (broad SMARTS) is 1. The molecule has 2 aliphatic heterocycles. The smallest absolute Gasteiger partial charge is 0.407 e. The number of aromatic nitrogens is 3. The number of hydrogen-bond donors (Lipinski definition) is 1. The number of amides is 1. The lowest BCUT2D eigenvalue weighted by molar-refractivity contribution is 0.0879. The van der Waals surface area contributed by atoms with Crippen LogP contribution in [0.25, 0.3) is 16.6 Å². The number of carbonyl (C=O) groups is 1. The van der Waals surface area contributed by atoms with Crippen LogP contribution >= 0.6 is 0 Å². The summed E-state index contributed by atoms with van der Waals surface area (Å²) in [7, 11) is 0. The lowest BCUT2D eigenvalue weighted by Gasteiger charge is -2.39. The Morgan fingerprint density at radius 3 is 2.88 bits per heavy atom. The first-order valence-corrected chi connectivity index (χ1v) is 11.3. The first-order chi connectivity index (χ1) is 16.0. The number of piperidine rings is 1.